The fraction of sp³-hybridized carbons (Fsp3) is 0.167. The van der Waals surface area contributed by atoms with Crippen molar-refractivity contribution in [3.05, 3.63) is 18.1 Å². The third-order valence-electron chi connectivity index (χ3n) is 1.06. The summed E-state index contributed by atoms with van der Waals surface area (Å²) in [6, 6.07) is 1.24. The molecule has 64 valence electrons. The molecule has 3 nitrogen and oxygen atoms in total. The Bertz CT molecular complexity index is 294. The SMILES string of the molecule is C=Nc1ccnc(C(F)(F)F)n1. The number of hydrogen-bond donors (Lipinski definition) is 0. The van der Waals surface area contributed by atoms with E-state index in [0.29, 0.717) is 0 Å². The first-order valence-corrected chi connectivity index (χ1v) is 2.91. The van der Waals surface area contributed by atoms with Gasteiger partial charge in [0.15, 0.2) is 5.82 Å². The molecule has 0 atom stereocenters. The summed E-state index contributed by atoms with van der Waals surface area (Å²) in [4.78, 5) is 9.38. The van der Waals surface area contributed by atoms with Gasteiger partial charge in [-0.25, -0.2) is 15.0 Å². The van der Waals surface area contributed by atoms with Gasteiger partial charge in [-0.3, -0.25) is 0 Å². The van der Waals surface area contributed by atoms with Gasteiger partial charge < -0.3 is 0 Å². The van der Waals surface area contributed by atoms with Crippen molar-refractivity contribution >= 4 is 12.5 Å². The molecule has 0 radical (unpaired) electrons. The lowest BCUT2D eigenvalue weighted by molar-refractivity contribution is -0.144. The van der Waals surface area contributed by atoms with Gasteiger partial charge in [0.2, 0.25) is 5.82 Å². The highest BCUT2D eigenvalue weighted by Gasteiger charge is 2.34. The first kappa shape index (κ1) is 8.63. The van der Waals surface area contributed by atoms with Crippen LogP contribution in [-0.2, 0) is 6.18 Å². The Morgan fingerprint density at radius 1 is 1.42 bits per heavy atom. The summed E-state index contributed by atoms with van der Waals surface area (Å²) in [5, 5.41) is 0. The molecule has 0 bridgehead atoms. The Morgan fingerprint density at radius 3 is 2.58 bits per heavy atom. The lowest BCUT2D eigenvalue weighted by atomic mass is 10.5. The Kier molecular flexibility index (Phi) is 2.07. The van der Waals surface area contributed by atoms with Crippen LogP contribution in [-0.4, -0.2) is 16.7 Å². The van der Waals surface area contributed by atoms with Crippen LogP contribution in [0.25, 0.3) is 0 Å². The molecule has 0 amide bonds. The van der Waals surface area contributed by atoms with Crippen molar-refractivity contribution in [2.75, 3.05) is 0 Å². The van der Waals surface area contributed by atoms with E-state index in [4.69, 9.17) is 0 Å². The zero-order valence-corrected chi connectivity index (χ0v) is 5.84. The second-order valence-corrected chi connectivity index (χ2v) is 1.89. The largest absolute Gasteiger partial charge is 0.451 e. The van der Waals surface area contributed by atoms with Crippen LogP contribution in [0.1, 0.15) is 5.82 Å². The molecule has 0 saturated heterocycles. The van der Waals surface area contributed by atoms with E-state index in [1.165, 1.54) is 6.07 Å². The quantitative estimate of drug-likeness (QED) is 0.610. The van der Waals surface area contributed by atoms with Gasteiger partial charge >= 0.3 is 6.18 Å². The molecule has 0 aliphatic carbocycles. The maximum absolute atomic E-state index is 11.9. The maximum atomic E-state index is 11.9. The number of halogens is 3. The molecule has 0 aliphatic rings. The minimum atomic E-state index is -4.53. The molecular formula is C6H4F3N3. The molecule has 0 N–H and O–H groups in total. The molecule has 6 heteroatoms. The summed E-state index contributed by atoms with van der Waals surface area (Å²) < 4.78 is 35.8. The number of hydrogen-bond acceptors (Lipinski definition) is 3. The summed E-state index contributed by atoms with van der Waals surface area (Å²) in [6.45, 7) is 3.05. The standard InChI is InChI=1S/C6H4F3N3/c1-10-4-2-3-11-5(12-4)6(7,8)9/h2-3H,1H2. The van der Waals surface area contributed by atoms with Crippen molar-refractivity contribution < 1.29 is 13.2 Å². The third kappa shape index (κ3) is 1.77. The van der Waals surface area contributed by atoms with Crippen LogP contribution in [0, 0.1) is 0 Å². The summed E-state index contributed by atoms with van der Waals surface area (Å²) in [6.07, 6.45) is -3.54. The summed E-state index contributed by atoms with van der Waals surface area (Å²) in [5.41, 5.74) is 0. The van der Waals surface area contributed by atoms with E-state index < -0.39 is 12.0 Å². The highest BCUT2D eigenvalue weighted by Crippen LogP contribution is 2.26. The van der Waals surface area contributed by atoms with Crippen LogP contribution in [0.5, 0.6) is 0 Å². The zero-order valence-electron chi connectivity index (χ0n) is 5.84. The predicted octanol–water partition coefficient (Wildman–Crippen LogP) is 1.83. The molecule has 0 aliphatic heterocycles. The molecule has 12 heavy (non-hydrogen) atoms. The van der Waals surface area contributed by atoms with Crippen molar-refractivity contribution in [2.24, 2.45) is 4.99 Å². The van der Waals surface area contributed by atoms with Gasteiger partial charge in [-0.1, -0.05) is 0 Å². The van der Waals surface area contributed by atoms with Crippen LogP contribution in [0.4, 0.5) is 19.0 Å². The van der Waals surface area contributed by atoms with Crippen molar-refractivity contribution in [1.29, 1.82) is 0 Å². The van der Waals surface area contributed by atoms with E-state index in [1.54, 1.807) is 0 Å². The molecule has 1 aromatic rings. The van der Waals surface area contributed by atoms with Crippen LogP contribution < -0.4 is 0 Å². The summed E-state index contributed by atoms with van der Waals surface area (Å²) in [7, 11) is 0. The third-order valence-corrected chi connectivity index (χ3v) is 1.06. The van der Waals surface area contributed by atoms with Gasteiger partial charge in [-0.05, 0) is 6.72 Å². The van der Waals surface area contributed by atoms with Gasteiger partial charge in [0, 0.05) is 12.3 Å². The monoisotopic (exact) mass is 175 g/mol. The molecule has 1 rings (SSSR count). The van der Waals surface area contributed by atoms with E-state index >= 15 is 0 Å². The average Bonchev–Trinajstić information content (AvgIpc) is 2.03. The number of aromatic nitrogens is 2. The van der Waals surface area contributed by atoms with Gasteiger partial charge in [-0.15, -0.1) is 0 Å². The predicted molar refractivity (Wildman–Crippen MR) is 36.2 cm³/mol. The van der Waals surface area contributed by atoms with Crippen LogP contribution in [0.3, 0.4) is 0 Å². The van der Waals surface area contributed by atoms with Gasteiger partial charge in [-0.2, -0.15) is 13.2 Å². The number of nitrogens with zero attached hydrogens (tertiary/aromatic N) is 3. The first-order valence-electron chi connectivity index (χ1n) is 2.91. The van der Waals surface area contributed by atoms with Crippen molar-refractivity contribution in [2.45, 2.75) is 6.18 Å². The molecule has 0 aromatic carbocycles. The average molecular weight is 175 g/mol. The van der Waals surface area contributed by atoms with E-state index in [1.807, 2.05) is 0 Å². The van der Waals surface area contributed by atoms with Crippen molar-refractivity contribution in [3.63, 3.8) is 0 Å². The van der Waals surface area contributed by atoms with Crippen LogP contribution in [0.15, 0.2) is 17.3 Å². The lowest BCUT2D eigenvalue weighted by Gasteiger charge is -2.03. The molecule has 1 heterocycles. The maximum Gasteiger partial charge on any atom is 0.451 e. The molecule has 0 saturated carbocycles. The summed E-state index contributed by atoms with van der Waals surface area (Å²) >= 11 is 0. The fourth-order valence-electron chi connectivity index (χ4n) is 0.574. The molecule has 0 unspecified atom stereocenters. The summed E-state index contributed by atoms with van der Waals surface area (Å²) in [5.74, 6) is -1.29. The van der Waals surface area contributed by atoms with Crippen molar-refractivity contribution in [1.82, 2.24) is 9.97 Å². The highest BCUT2D eigenvalue weighted by molar-refractivity contribution is 5.38. The van der Waals surface area contributed by atoms with Crippen molar-refractivity contribution in [3.8, 4) is 0 Å². The number of aliphatic imine (C=N–C) groups is 1. The molecule has 0 fully saturated rings. The fourth-order valence-corrected chi connectivity index (χ4v) is 0.574. The van der Waals surface area contributed by atoms with Gasteiger partial charge in [0.1, 0.15) is 0 Å². The number of rotatable bonds is 1. The van der Waals surface area contributed by atoms with Crippen LogP contribution in [0.2, 0.25) is 0 Å². The Balaban J connectivity index is 3.10. The molecule has 1 aromatic heterocycles. The van der Waals surface area contributed by atoms with Gasteiger partial charge in [0.25, 0.3) is 0 Å². The highest BCUT2D eigenvalue weighted by atomic mass is 19.4. The normalized spacial score (nSPS) is 11.2. The van der Waals surface area contributed by atoms with Gasteiger partial charge in [0.05, 0.1) is 0 Å². The Labute approximate surface area is 66.0 Å². The number of alkyl halides is 3. The minimum absolute atomic E-state index is 0.0858. The van der Waals surface area contributed by atoms with Crippen LogP contribution >= 0.6 is 0 Å². The van der Waals surface area contributed by atoms with E-state index in [2.05, 4.69) is 21.7 Å². The first-order chi connectivity index (χ1) is 5.54. The van der Waals surface area contributed by atoms with E-state index in [0.717, 1.165) is 6.20 Å². The minimum Gasteiger partial charge on any atom is -0.245 e. The molecular weight excluding hydrogens is 171 g/mol. The topological polar surface area (TPSA) is 38.1 Å². The molecule has 0 spiro atoms. The van der Waals surface area contributed by atoms with E-state index in [-0.39, 0.29) is 5.82 Å². The lowest BCUT2D eigenvalue weighted by Crippen LogP contribution is -2.09. The second kappa shape index (κ2) is 2.88. The van der Waals surface area contributed by atoms with E-state index in [9.17, 15) is 13.2 Å². The Hall–Kier alpha value is -1.46. The Morgan fingerprint density at radius 2 is 2.08 bits per heavy atom. The second-order valence-electron chi connectivity index (χ2n) is 1.89. The smallest absolute Gasteiger partial charge is 0.245 e. The zero-order chi connectivity index (χ0) is 9.19.